The molecule has 1 amide bonds. The van der Waals surface area contributed by atoms with Crippen molar-refractivity contribution in [1.29, 1.82) is 0 Å². The summed E-state index contributed by atoms with van der Waals surface area (Å²) in [5, 5.41) is 2.87. The summed E-state index contributed by atoms with van der Waals surface area (Å²) in [5.41, 5.74) is 5.06. The highest BCUT2D eigenvalue weighted by atomic mass is 16.5. The number of oxazole rings is 1. The van der Waals surface area contributed by atoms with Gasteiger partial charge in [0.2, 0.25) is 11.8 Å². The maximum atomic E-state index is 12.3. The SMILES string of the molecule is COc1cccc(-c2nc3cc(NC(=O)/C=C/c4ccc(C(C)C)cc4)ccc3o2)c1. The van der Waals surface area contributed by atoms with Crippen LogP contribution < -0.4 is 10.1 Å². The second-order valence-corrected chi connectivity index (χ2v) is 7.58. The standard InChI is InChI=1S/C26H24N2O3/c1-17(2)19-10-7-18(8-11-19)9-14-25(29)27-21-12-13-24-23(16-21)28-26(31-24)20-5-4-6-22(15-20)30-3/h4-17H,1-3H3,(H,27,29)/b14-9+. The molecule has 5 nitrogen and oxygen atoms in total. The zero-order valence-electron chi connectivity index (χ0n) is 17.8. The van der Waals surface area contributed by atoms with E-state index in [0.717, 1.165) is 16.9 Å². The van der Waals surface area contributed by atoms with Gasteiger partial charge in [-0.1, -0.05) is 44.2 Å². The Morgan fingerprint density at radius 3 is 2.61 bits per heavy atom. The van der Waals surface area contributed by atoms with Gasteiger partial charge in [-0.3, -0.25) is 4.79 Å². The zero-order chi connectivity index (χ0) is 21.8. The van der Waals surface area contributed by atoms with Gasteiger partial charge in [0.05, 0.1) is 7.11 Å². The van der Waals surface area contributed by atoms with Crippen LogP contribution in [-0.2, 0) is 4.79 Å². The van der Waals surface area contributed by atoms with Gasteiger partial charge >= 0.3 is 0 Å². The molecule has 0 fully saturated rings. The van der Waals surface area contributed by atoms with Crippen LogP contribution >= 0.6 is 0 Å². The van der Waals surface area contributed by atoms with E-state index in [9.17, 15) is 4.79 Å². The van der Waals surface area contributed by atoms with Crippen LogP contribution in [0, 0.1) is 0 Å². The molecule has 0 spiro atoms. The van der Waals surface area contributed by atoms with E-state index in [0.29, 0.717) is 28.6 Å². The molecule has 0 aliphatic carbocycles. The Morgan fingerprint density at radius 2 is 1.87 bits per heavy atom. The molecule has 4 rings (SSSR count). The lowest BCUT2D eigenvalue weighted by Gasteiger charge is -2.04. The van der Waals surface area contributed by atoms with Crippen molar-refractivity contribution in [3.05, 3.63) is 83.9 Å². The van der Waals surface area contributed by atoms with Crippen LogP contribution in [0.2, 0.25) is 0 Å². The minimum Gasteiger partial charge on any atom is -0.497 e. The third kappa shape index (κ3) is 4.83. The molecule has 0 aliphatic rings. The monoisotopic (exact) mass is 412 g/mol. The van der Waals surface area contributed by atoms with Crippen molar-refractivity contribution < 1.29 is 13.9 Å². The smallest absolute Gasteiger partial charge is 0.248 e. The lowest BCUT2D eigenvalue weighted by molar-refractivity contribution is -0.111. The maximum absolute atomic E-state index is 12.3. The molecule has 156 valence electrons. The number of benzene rings is 3. The predicted octanol–water partition coefficient (Wildman–Crippen LogP) is 6.28. The van der Waals surface area contributed by atoms with Crippen molar-refractivity contribution in [2.45, 2.75) is 19.8 Å². The van der Waals surface area contributed by atoms with Crippen LogP contribution in [0.1, 0.15) is 30.9 Å². The minimum atomic E-state index is -0.205. The molecule has 3 aromatic carbocycles. The maximum Gasteiger partial charge on any atom is 0.248 e. The normalized spacial score (nSPS) is 11.4. The van der Waals surface area contributed by atoms with Crippen LogP contribution in [-0.4, -0.2) is 18.0 Å². The number of rotatable bonds is 6. The average Bonchev–Trinajstić information content (AvgIpc) is 3.21. The number of hydrogen-bond donors (Lipinski definition) is 1. The first-order valence-corrected chi connectivity index (χ1v) is 10.2. The number of nitrogens with zero attached hydrogens (tertiary/aromatic N) is 1. The molecule has 0 saturated carbocycles. The Kier molecular flexibility index (Phi) is 5.85. The highest BCUT2D eigenvalue weighted by Crippen LogP contribution is 2.28. The van der Waals surface area contributed by atoms with Crippen LogP contribution in [0.5, 0.6) is 5.75 Å². The van der Waals surface area contributed by atoms with Gasteiger partial charge in [-0.05, 0) is 59.5 Å². The van der Waals surface area contributed by atoms with Crippen LogP contribution in [0.3, 0.4) is 0 Å². The molecule has 31 heavy (non-hydrogen) atoms. The third-order valence-corrected chi connectivity index (χ3v) is 5.00. The van der Waals surface area contributed by atoms with E-state index in [1.165, 1.54) is 11.6 Å². The van der Waals surface area contributed by atoms with Gasteiger partial charge in [-0.15, -0.1) is 0 Å². The molecular formula is C26H24N2O3. The van der Waals surface area contributed by atoms with E-state index in [1.807, 2.05) is 36.4 Å². The number of methoxy groups -OCH3 is 1. The number of anilines is 1. The molecule has 4 aromatic rings. The molecule has 0 atom stereocenters. The molecule has 1 N–H and O–H groups in total. The van der Waals surface area contributed by atoms with Gasteiger partial charge in [0.15, 0.2) is 5.58 Å². The first kappa shape index (κ1) is 20.4. The van der Waals surface area contributed by atoms with E-state index in [1.54, 1.807) is 31.4 Å². The van der Waals surface area contributed by atoms with Crippen molar-refractivity contribution in [1.82, 2.24) is 4.98 Å². The first-order valence-electron chi connectivity index (χ1n) is 10.2. The van der Waals surface area contributed by atoms with Crippen LogP contribution in [0.25, 0.3) is 28.6 Å². The number of fused-ring (bicyclic) bond motifs is 1. The molecule has 0 aliphatic heterocycles. The summed E-state index contributed by atoms with van der Waals surface area (Å²) in [6.45, 7) is 4.31. The summed E-state index contributed by atoms with van der Waals surface area (Å²) in [7, 11) is 1.62. The van der Waals surface area contributed by atoms with Gasteiger partial charge in [-0.25, -0.2) is 4.98 Å². The number of nitrogens with one attached hydrogen (secondary N) is 1. The van der Waals surface area contributed by atoms with Crippen molar-refractivity contribution >= 4 is 28.8 Å². The summed E-state index contributed by atoms with van der Waals surface area (Å²) in [5.74, 6) is 1.52. The molecule has 0 bridgehead atoms. The van der Waals surface area contributed by atoms with E-state index < -0.39 is 0 Å². The van der Waals surface area contributed by atoms with Gasteiger partial charge in [0, 0.05) is 17.3 Å². The van der Waals surface area contributed by atoms with E-state index >= 15 is 0 Å². The molecule has 0 saturated heterocycles. The molecule has 0 unspecified atom stereocenters. The average molecular weight is 412 g/mol. The van der Waals surface area contributed by atoms with E-state index in [4.69, 9.17) is 9.15 Å². The Bertz CT molecular complexity index is 1240. The first-order chi connectivity index (χ1) is 15.0. The molecular weight excluding hydrogens is 388 g/mol. The zero-order valence-corrected chi connectivity index (χ0v) is 17.8. The quantitative estimate of drug-likeness (QED) is 0.379. The highest BCUT2D eigenvalue weighted by molar-refractivity contribution is 6.02. The second-order valence-electron chi connectivity index (χ2n) is 7.58. The minimum absolute atomic E-state index is 0.205. The summed E-state index contributed by atoms with van der Waals surface area (Å²) < 4.78 is 11.1. The number of hydrogen-bond acceptors (Lipinski definition) is 4. The fourth-order valence-corrected chi connectivity index (χ4v) is 3.23. The van der Waals surface area contributed by atoms with E-state index in [-0.39, 0.29) is 5.91 Å². The van der Waals surface area contributed by atoms with Crippen molar-refractivity contribution in [2.75, 3.05) is 12.4 Å². The van der Waals surface area contributed by atoms with E-state index in [2.05, 4.69) is 36.3 Å². The van der Waals surface area contributed by atoms with Gasteiger partial charge in [0.1, 0.15) is 11.3 Å². The number of aromatic nitrogens is 1. The Labute approximate surface area is 181 Å². The fourth-order valence-electron chi connectivity index (χ4n) is 3.23. The van der Waals surface area contributed by atoms with Crippen molar-refractivity contribution in [3.63, 3.8) is 0 Å². The fraction of sp³-hybridized carbons (Fsp3) is 0.154. The van der Waals surface area contributed by atoms with Crippen molar-refractivity contribution in [3.8, 4) is 17.2 Å². The number of ether oxygens (including phenoxy) is 1. The van der Waals surface area contributed by atoms with Crippen LogP contribution in [0.4, 0.5) is 5.69 Å². The van der Waals surface area contributed by atoms with Crippen molar-refractivity contribution in [2.24, 2.45) is 0 Å². The highest BCUT2D eigenvalue weighted by Gasteiger charge is 2.10. The molecule has 1 heterocycles. The van der Waals surface area contributed by atoms with Gasteiger partial charge in [-0.2, -0.15) is 0 Å². The summed E-state index contributed by atoms with van der Waals surface area (Å²) in [6.07, 6.45) is 3.33. The number of amides is 1. The van der Waals surface area contributed by atoms with Crippen LogP contribution in [0.15, 0.2) is 77.2 Å². The third-order valence-electron chi connectivity index (χ3n) is 5.00. The lowest BCUT2D eigenvalue weighted by atomic mass is 10.0. The molecule has 1 aromatic heterocycles. The largest absolute Gasteiger partial charge is 0.497 e. The summed E-state index contributed by atoms with van der Waals surface area (Å²) in [4.78, 5) is 16.9. The summed E-state index contributed by atoms with van der Waals surface area (Å²) in [6, 6.07) is 21.1. The number of carbonyl (C=O) groups excluding carboxylic acids is 1. The lowest BCUT2D eigenvalue weighted by Crippen LogP contribution is -2.07. The van der Waals surface area contributed by atoms with Gasteiger partial charge < -0.3 is 14.5 Å². The summed E-state index contributed by atoms with van der Waals surface area (Å²) >= 11 is 0. The number of carbonyl (C=O) groups is 1. The topological polar surface area (TPSA) is 64.4 Å². The second kappa shape index (κ2) is 8.88. The molecule has 5 heteroatoms. The Morgan fingerprint density at radius 1 is 1.06 bits per heavy atom. The Balaban J connectivity index is 1.47. The Hall–Kier alpha value is -3.86. The predicted molar refractivity (Wildman–Crippen MR) is 124 cm³/mol. The van der Waals surface area contributed by atoms with Gasteiger partial charge in [0.25, 0.3) is 0 Å². The molecule has 0 radical (unpaired) electrons.